The number of alkyl carbamates (subject to hydrolysis) is 1. The Morgan fingerprint density at radius 1 is 1.36 bits per heavy atom. The van der Waals surface area contributed by atoms with E-state index in [4.69, 9.17) is 4.74 Å². The maximum atomic E-state index is 12.1. The van der Waals surface area contributed by atoms with Gasteiger partial charge in [-0.15, -0.1) is 0 Å². The molecule has 0 spiro atoms. The van der Waals surface area contributed by atoms with Gasteiger partial charge in [0.15, 0.2) is 5.78 Å². The first-order chi connectivity index (χ1) is 10.3. The van der Waals surface area contributed by atoms with Crippen molar-refractivity contribution in [2.45, 2.75) is 52.7 Å². The predicted molar refractivity (Wildman–Crippen MR) is 85.8 cm³/mol. The first-order valence-corrected chi connectivity index (χ1v) is 7.48. The number of rotatable bonds is 3. The summed E-state index contributed by atoms with van der Waals surface area (Å²) in [6.45, 7) is 7.75. The molecule has 0 aliphatic carbocycles. The number of fused-ring (bicyclic) bond motifs is 1. The number of aliphatic imine (C=N–C) groups is 1. The molecule has 1 aromatic rings. The largest absolute Gasteiger partial charge is 0.444 e. The lowest BCUT2D eigenvalue weighted by atomic mass is 9.97. The van der Waals surface area contributed by atoms with E-state index in [1.54, 1.807) is 6.07 Å². The molecule has 1 N–H and O–H groups in total. The number of nitrogens with one attached hydrogen (secondary N) is 1. The van der Waals surface area contributed by atoms with Gasteiger partial charge in [0.25, 0.3) is 0 Å². The molecule has 1 heterocycles. The van der Waals surface area contributed by atoms with Gasteiger partial charge in [-0.3, -0.25) is 9.79 Å². The maximum absolute atomic E-state index is 12.1. The third-order valence-corrected chi connectivity index (χ3v) is 3.25. The lowest BCUT2D eigenvalue weighted by molar-refractivity contribution is 0.0523. The van der Waals surface area contributed by atoms with Crippen molar-refractivity contribution >= 4 is 23.3 Å². The Morgan fingerprint density at radius 3 is 2.73 bits per heavy atom. The number of hydrogen-bond donors (Lipinski definition) is 1. The van der Waals surface area contributed by atoms with Crippen LogP contribution in [0.5, 0.6) is 0 Å². The smallest absolute Gasteiger partial charge is 0.407 e. The Labute approximate surface area is 130 Å². The molecule has 0 fully saturated rings. The molecule has 0 atom stereocenters. The third kappa shape index (κ3) is 4.16. The number of carbonyl (C=O) groups excluding carboxylic acids is 2. The summed E-state index contributed by atoms with van der Waals surface area (Å²) in [5, 5.41) is 2.69. The van der Waals surface area contributed by atoms with Crippen molar-refractivity contribution in [1.82, 2.24) is 5.32 Å². The normalized spacial score (nSPS) is 14.2. The van der Waals surface area contributed by atoms with Crippen LogP contribution < -0.4 is 5.32 Å². The Balaban J connectivity index is 2.06. The van der Waals surface area contributed by atoms with Gasteiger partial charge in [-0.1, -0.05) is 13.0 Å². The van der Waals surface area contributed by atoms with Crippen LogP contribution in [0.2, 0.25) is 0 Å². The first kappa shape index (κ1) is 16.2. The quantitative estimate of drug-likeness (QED) is 0.924. The highest BCUT2D eigenvalue weighted by Crippen LogP contribution is 2.27. The molecular weight excluding hydrogens is 280 g/mol. The van der Waals surface area contributed by atoms with E-state index in [0.29, 0.717) is 24.2 Å². The minimum absolute atomic E-state index is 0.0842. The van der Waals surface area contributed by atoms with E-state index in [1.807, 2.05) is 39.8 Å². The van der Waals surface area contributed by atoms with Gasteiger partial charge in [-0.05, 0) is 44.9 Å². The second-order valence-corrected chi connectivity index (χ2v) is 6.34. The van der Waals surface area contributed by atoms with Crippen LogP contribution in [-0.4, -0.2) is 23.2 Å². The van der Waals surface area contributed by atoms with Gasteiger partial charge in [0, 0.05) is 24.2 Å². The van der Waals surface area contributed by atoms with Crippen molar-refractivity contribution in [3.8, 4) is 0 Å². The number of nitrogens with zero attached hydrogens (tertiary/aromatic N) is 1. The summed E-state index contributed by atoms with van der Waals surface area (Å²) in [6.07, 6.45) is 0.697. The lowest BCUT2D eigenvalue weighted by Gasteiger charge is -2.20. The standard InChI is InChI=1S/C17H22N2O3/c1-5-12-9-15(20)13-8-11(6-7-14(13)19-12)10-18-16(21)22-17(2,3)4/h6-8H,5,9-10H2,1-4H3,(H,18,21). The highest BCUT2D eigenvalue weighted by atomic mass is 16.6. The molecule has 0 unspecified atom stereocenters. The highest BCUT2D eigenvalue weighted by molar-refractivity contribution is 6.15. The number of Topliss-reactive ketones (excluding diaryl/α,β-unsaturated/α-hetero) is 1. The molecule has 5 nitrogen and oxygen atoms in total. The number of carbonyl (C=O) groups is 2. The fourth-order valence-electron chi connectivity index (χ4n) is 2.20. The van der Waals surface area contributed by atoms with Gasteiger partial charge in [-0.2, -0.15) is 0 Å². The maximum Gasteiger partial charge on any atom is 0.407 e. The molecule has 0 saturated heterocycles. The Hall–Kier alpha value is -2.17. The van der Waals surface area contributed by atoms with Crippen LogP contribution in [0.25, 0.3) is 0 Å². The van der Waals surface area contributed by atoms with E-state index in [2.05, 4.69) is 10.3 Å². The van der Waals surface area contributed by atoms with Crippen LogP contribution in [0.1, 0.15) is 56.5 Å². The predicted octanol–water partition coefficient (Wildman–Crippen LogP) is 3.78. The zero-order valence-electron chi connectivity index (χ0n) is 13.5. The Morgan fingerprint density at radius 2 is 2.09 bits per heavy atom. The minimum atomic E-state index is -0.527. The van der Waals surface area contributed by atoms with E-state index in [0.717, 1.165) is 17.7 Å². The first-order valence-electron chi connectivity index (χ1n) is 7.48. The number of benzene rings is 1. The number of ketones is 1. The Kier molecular flexibility index (Phi) is 4.64. The van der Waals surface area contributed by atoms with Crippen LogP contribution in [0, 0.1) is 0 Å². The van der Waals surface area contributed by atoms with Crippen LogP contribution in [0.3, 0.4) is 0 Å². The van der Waals surface area contributed by atoms with E-state index < -0.39 is 11.7 Å². The van der Waals surface area contributed by atoms with Gasteiger partial charge in [0.1, 0.15) is 5.60 Å². The van der Waals surface area contributed by atoms with Gasteiger partial charge in [0.2, 0.25) is 0 Å². The minimum Gasteiger partial charge on any atom is -0.444 e. The summed E-state index contributed by atoms with van der Waals surface area (Å²) in [4.78, 5) is 28.3. The molecular formula is C17H22N2O3. The van der Waals surface area contributed by atoms with Crippen molar-refractivity contribution in [3.63, 3.8) is 0 Å². The molecule has 1 aromatic carbocycles. The topological polar surface area (TPSA) is 67.8 Å². The molecule has 1 aliphatic heterocycles. The molecule has 2 rings (SSSR count). The monoisotopic (exact) mass is 302 g/mol. The summed E-state index contributed by atoms with van der Waals surface area (Å²) in [7, 11) is 0. The van der Waals surface area contributed by atoms with E-state index in [1.165, 1.54) is 0 Å². The Bertz CT molecular complexity index is 627. The molecule has 0 radical (unpaired) electrons. The summed E-state index contributed by atoms with van der Waals surface area (Å²) in [5.41, 5.74) is 2.58. The zero-order valence-corrected chi connectivity index (χ0v) is 13.5. The van der Waals surface area contributed by atoms with Gasteiger partial charge < -0.3 is 10.1 Å². The highest BCUT2D eigenvalue weighted by Gasteiger charge is 2.20. The molecule has 1 aliphatic rings. The molecule has 22 heavy (non-hydrogen) atoms. The zero-order chi connectivity index (χ0) is 16.3. The fraction of sp³-hybridized carbons (Fsp3) is 0.471. The number of ether oxygens (including phenoxy) is 1. The SMILES string of the molecule is CCC1=Nc2ccc(CNC(=O)OC(C)(C)C)cc2C(=O)C1. The average Bonchev–Trinajstić information content (AvgIpc) is 2.43. The molecule has 0 bridgehead atoms. The summed E-state index contributed by atoms with van der Waals surface area (Å²) >= 11 is 0. The summed E-state index contributed by atoms with van der Waals surface area (Å²) < 4.78 is 5.18. The van der Waals surface area contributed by atoms with E-state index >= 15 is 0 Å². The van der Waals surface area contributed by atoms with Crippen molar-refractivity contribution in [1.29, 1.82) is 0 Å². The van der Waals surface area contributed by atoms with Crippen LogP contribution >= 0.6 is 0 Å². The van der Waals surface area contributed by atoms with Gasteiger partial charge in [0.05, 0.1) is 5.69 Å². The number of amides is 1. The lowest BCUT2D eigenvalue weighted by Crippen LogP contribution is -2.32. The second-order valence-electron chi connectivity index (χ2n) is 6.34. The van der Waals surface area contributed by atoms with Gasteiger partial charge in [-0.25, -0.2) is 4.79 Å². The third-order valence-electron chi connectivity index (χ3n) is 3.25. The fourth-order valence-corrected chi connectivity index (χ4v) is 2.20. The molecule has 118 valence electrons. The molecule has 0 saturated carbocycles. The van der Waals surface area contributed by atoms with Crippen LogP contribution in [0.4, 0.5) is 10.5 Å². The van der Waals surface area contributed by atoms with Crippen molar-refractivity contribution in [2.24, 2.45) is 4.99 Å². The molecule has 0 aromatic heterocycles. The molecule has 1 amide bonds. The van der Waals surface area contributed by atoms with E-state index in [9.17, 15) is 9.59 Å². The van der Waals surface area contributed by atoms with Crippen molar-refractivity contribution < 1.29 is 14.3 Å². The summed E-state index contributed by atoms with van der Waals surface area (Å²) in [5.74, 6) is 0.0842. The second kappa shape index (κ2) is 6.30. The summed E-state index contributed by atoms with van der Waals surface area (Å²) in [6, 6.07) is 5.49. The van der Waals surface area contributed by atoms with Crippen LogP contribution in [-0.2, 0) is 11.3 Å². The van der Waals surface area contributed by atoms with E-state index in [-0.39, 0.29) is 5.78 Å². The average molecular weight is 302 g/mol. The van der Waals surface area contributed by atoms with Crippen molar-refractivity contribution in [3.05, 3.63) is 29.3 Å². The van der Waals surface area contributed by atoms with Crippen molar-refractivity contribution in [2.75, 3.05) is 0 Å². The van der Waals surface area contributed by atoms with Gasteiger partial charge >= 0.3 is 6.09 Å². The number of hydrogen-bond acceptors (Lipinski definition) is 4. The van der Waals surface area contributed by atoms with Crippen LogP contribution in [0.15, 0.2) is 23.2 Å². The molecule has 5 heteroatoms.